The van der Waals surface area contributed by atoms with Crippen LogP contribution in [0, 0.1) is 0 Å². The van der Waals surface area contributed by atoms with Gasteiger partial charge in [0.05, 0.1) is 11.1 Å². The number of carboxylic acids is 2. The first kappa shape index (κ1) is 16.1. The van der Waals surface area contributed by atoms with Crippen molar-refractivity contribution < 1.29 is 19.8 Å². The number of aromatic carboxylic acids is 2. The smallest absolute Gasteiger partial charge is 0.337 e. The highest BCUT2D eigenvalue weighted by molar-refractivity contribution is 8.76. The summed E-state index contributed by atoms with van der Waals surface area (Å²) in [4.78, 5) is 23.5. The predicted molar refractivity (Wildman–Crippen MR) is 87.3 cm³/mol. The first-order valence-electron chi connectivity index (χ1n) is 5.98. The summed E-state index contributed by atoms with van der Waals surface area (Å²) in [5, 5.41) is 18.1. The normalized spacial score (nSPS) is 10.4. The van der Waals surface area contributed by atoms with Crippen LogP contribution in [-0.4, -0.2) is 22.2 Å². The molecule has 0 radical (unpaired) electrons. The third-order valence-electron chi connectivity index (χ3n) is 2.74. The molecule has 0 atom stereocenters. The molecule has 2 aromatic carbocycles. The van der Waals surface area contributed by atoms with E-state index in [4.69, 9.17) is 21.7 Å². The largest absolute Gasteiger partial charge is 0.478 e. The summed E-state index contributed by atoms with van der Waals surface area (Å²) in [6.45, 7) is 0. The van der Waals surface area contributed by atoms with E-state index < -0.39 is 11.9 Å². The fourth-order valence-corrected chi connectivity index (χ4v) is 3.61. The maximum atomic E-state index is 11.0. The lowest BCUT2D eigenvalue weighted by molar-refractivity contribution is 0.0687. The Morgan fingerprint density at radius 1 is 0.773 bits per heavy atom. The number of hydrogen-bond donors (Lipinski definition) is 4. The molecule has 0 aromatic heterocycles. The van der Waals surface area contributed by atoms with E-state index in [9.17, 15) is 9.59 Å². The van der Waals surface area contributed by atoms with Crippen LogP contribution in [-0.2, 0) is 0 Å². The minimum Gasteiger partial charge on any atom is -0.478 e. The lowest BCUT2D eigenvalue weighted by atomic mass is 10.2. The quantitative estimate of drug-likeness (QED) is 0.485. The van der Waals surface area contributed by atoms with Crippen molar-refractivity contribution in [3.05, 3.63) is 47.5 Å². The Morgan fingerprint density at radius 3 is 1.45 bits per heavy atom. The van der Waals surface area contributed by atoms with Gasteiger partial charge < -0.3 is 21.7 Å². The van der Waals surface area contributed by atoms with Crippen molar-refractivity contribution in [2.75, 3.05) is 11.5 Å². The van der Waals surface area contributed by atoms with Crippen molar-refractivity contribution >= 4 is 44.9 Å². The minimum atomic E-state index is -1.09. The highest BCUT2D eigenvalue weighted by atomic mass is 33.1. The number of rotatable bonds is 5. The van der Waals surface area contributed by atoms with Gasteiger partial charge in [-0.05, 0) is 36.4 Å². The molecular weight excluding hydrogens is 324 g/mol. The number of nitrogens with two attached hydrogens (primary N) is 2. The Morgan fingerprint density at radius 2 is 1.14 bits per heavy atom. The first-order chi connectivity index (χ1) is 10.4. The molecule has 0 unspecified atom stereocenters. The van der Waals surface area contributed by atoms with Crippen LogP contribution in [0.3, 0.4) is 0 Å². The second-order valence-electron chi connectivity index (χ2n) is 4.28. The van der Waals surface area contributed by atoms with Gasteiger partial charge in [0.2, 0.25) is 0 Å². The van der Waals surface area contributed by atoms with Gasteiger partial charge in [-0.3, -0.25) is 0 Å². The fraction of sp³-hybridized carbons (Fsp3) is 0. The van der Waals surface area contributed by atoms with E-state index in [0.29, 0.717) is 9.79 Å². The Balaban J connectivity index is 2.17. The Kier molecular flexibility index (Phi) is 4.84. The van der Waals surface area contributed by atoms with Crippen LogP contribution in [0.5, 0.6) is 0 Å². The third-order valence-corrected chi connectivity index (χ3v) is 5.13. The van der Waals surface area contributed by atoms with Crippen molar-refractivity contribution in [1.29, 1.82) is 0 Å². The van der Waals surface area contributed by atoms with Crippen LogP contribution in [0.15, 0.2) is 46.2 Å². The van der Waals surface area contributed by atoms with Gasteiger partial charge in [-0.1, -0.05) is 21.6 Å². The molecule has 0 saturated heterocycles. The van der Waals surface area contributed by atoms with Crippen molar-refractivity contribution in [3.8, 4) is 0 Å². The first-order valence-corrected chi connectivity index (χ1v) is 8.13. The van der Waals surface area contributed by atoms with E-state index in [0.717, 1.165) is 0 Å². The fourth-order valence-electron chi connectivity index (χ4n) is 1.64. The average molecular weight is 336 g/mol. The van der Waals surface area contributed by atoms with Crippen molar-refractivity contribution in [3.63, 3.8) is 0 Å². The summed E-state index contributed by atoms with van der Waals surface area (Å²) < 4.78 is 0. The van der Waals surface area contributed by atoms with Crippen LogP contribution < -0.4 is 11.5 Å². The maximum absolute atomic E-state index is 11.0. The lowest BCUT2D eigenvalue weighted by Gasteiger charge is -2.06. The number of hydrogen-bond acceptors (Lipinski definition) is 6. The van der Waals surface area contributed by atoms with Gasteiger partial charge in [0.15, 0.2) is 0 Å². The standard InChI is InChI=1S/C14H12N2O4S2/c15-11-3-1-7(5-9(11)13(17)18)21-22-8-2-4-12(16)10(6-8)14(19)20/h1-6H,15-16H2,(H,17,18)(H,19,20). The molecule has 114 valence electrons. The molecule has 0 heterocycles. The van der Waals surface area contributed by atoms with E-state index in [-0.39, 0.29) is 22.5 Å². The van der Waals surface area contributed by atoms with E-state index in [1.165, 1.54) is 45.9 Å². The molecular formula is C14H12N2O4S2. The van der Waals surface area contributed by atoms with Crippen molar-refractivity contribution in [2.24, 2.45) is 0 Å². The molecule has 0 spiro atoms. The second kappa shape index (κ2) is 6.63. The molecule has 0 fully saturated rings. The van der Waals surface area contributed by atoms with Gasteiger partial charge in [-0.25, -0.2) is 9.59 Å². The molecule has 22 heavy (non-hydrogen) atoms. The highest BCUT2D eigenvalue weighted by Gasteiger charge is 2.11. The van der Waals surface area contributed by atoms with Crippen molar-refractivity contribution in [2.45, 2.75) is 9.79 Å². The van der Waals surface area contributed by atoms with Crippen molar-refractivity contribution in [1.82, 2.24) is 0 Å². The summed E-state index contributed by atoms with van der Waals surface area (Å²) in [5.74, 6) is -2.18. The molecule has 0 aliphatic heterocycles. The van der Waals surface area contributed by atoms with Gasteiger partial charge in [0.1, 0.15) is 0 Å². The molecule has 2 aromatic rings. The summed E-state index contributed by atoms with van der Waals surface area (Å²) in [6, 6.07) is 9.41. The second-order valence-corrected chi connectivity index (χ2v) is 6.55. The van der Waals surface area contributed by atoms with Gasteiger partial charge in [-0.2, -0.15) is 0 Å². The van der Waals surface area contributed by atoms with Crippen LogP contribution >= 0.6 is 21.6 Å². The van der Waals surface area contributed by atoms with E-state index in [2.05, 4.69) is 0 Å². The van der Waals surface area contributed by atoms with Gasteiger partial charge in [-0.15, -0.1) is 0 Å². The molecule has 0 saturated carbocycles. The van der Waals surface area contributed by atoms with Gasteiger partial charge in [0.25, 0.3) is 0 Å². The molecule has 6 nitrogen and oxygen atoms in total. The Labute approximate surface area is 133 Å². The monoisotopic (exact) mass is 336 g/mol. The molecule has 0 aliphatic carbocycles. The van der Waals surface area contributed by atoms with Gasteiger partial charge in [0, 0.05) is 21.2 Å². The SMILES string of the molecule is Nc1ccc(SSc2ccc(N)c(C(=O)O)c2)cc1C(=O)O. The maximum Gasteiger partial charge on any atom is 0.337 e. The number of benzene rings is 2. The van der Waals surface area contributed by atoms with Crippen LogP contribution in [0.4, 0.5) is 11.4 Å². The predicted octanol–water partition coefficient (Wildman–Crippen LogP) is 3.05. The van der Waals surface area contributed by atoms with E-state index >= 15 is 0 Å². The minimum absolute atomic E-state index is 0.0362. The van der Waals surface area contributed by atoms with Crippen LogP contribution in [0.2, 0.25) is 0 Å². The summed E-state index contributed by atoms with van der Waals surface area (Å²) >= 11 is 0. The summed E-state index contributed by atoms with van der Waals surface area (Å²) in [6.07, 6.45) is 0. The van der Waals surface area contributed by atoms with E-state index in [1.54, 1.807) is 12.1 Å². The van der Waals surface area contributed by atoms with Crippen LogP contribution in [0.1, 0.15) is 20.7 Å². The van der Waals surface area contributed by atoms with E-state index in [1.807, 2.05) is 0 Å². The topological polar surface area (TPSA) is 127 Å². The zero-order valence-corrected chi connectivity index (χ0v) is 12.8. The molecule has 0 aliphatic rings. The molecule has 8 heteroatoms. The zero-order chi connectivity index (χ0) is 16.3. The van der Waals surface area contributed by atoms with Gasteiger partial charge >= 0.3 is 11.9 Å². The Bertz CT molecular complexity index is 686. The lowest BCUT2D eigenvalue weighted by Crippen LogP contribution is -2.02. The molecule has 0 bridgehead atoms. The van der Waals surface area contributed by atoms with Crippen LogP contribution in [0.25, 0.3) is 0 Å². The number of carbonyl (C=O) groups is 2. The average Bonchev–Trinajstić information content (AvgIpc) is 2.47. The molecule has 6 N–H and O–H groups in total. The Hall–Kier alpha value is -2.32. The number of carboxylic acid groups (broad SMARTS) is 2. The molecule has 2 rings (SSSR count). The summed E-state index contributed by atoms with van der Waals surface area (Å²) in [7, 11) is 2.61. The number of anilines is 2. The highest BCUT2D eigenvalue weighted by Crippen LogP contribution is 2.39. The third kappa shape index (κ3) is 3.66. The zero-order valence-electron chi connectivity index (χ0n) is 11.1. The summed E-state index contributed by atoms with van der Waals surface area (Å²) in [5.41, 5.74) is 11.6. The molecule has 0 amide bonds. The number of nitrogen functional groups attached to an aromatic ring is 2.